The van der Waals surface area contributed by atoms with E-state index in [0.29, 0.717) is 10.6 Å². The van der Waals surface area contributed by atoms with E-state index in [1.54, 1.807) is 7.05 Å². The van der Waals surface area contributed by atoms with Gasteiger partial charge in [0.2, 0.25) is 0 Å². The first-order chi connectivity index (χ1) is 6.15. The lowest BCUT2D eigenvalue weighted by atomic mass is 10.2. The Hall–Kier alpha value is -0.640. The van der Waals surface area contributed by atoms with E-state index in [4.69, 9.17) is 23.2 Å². The van der Waals surface area contributed by atoms with Gasteiger partial charge in [0, 0.05) is 11.8 Å². The number of halogens is 2. The van der Waals surface area contributed by atoms with Crippen LogP contribution < -0.4 is 5.32 Å². The summed E-state index contributed by atoms with van der Waals surface area (Å²) < 4.78 is 0. The lowest BCUT2D eigenvalue weighted by Gasteiger charge is -2.02. The number of carbonyl (C=O) groups excluding carboxylic acids is 1. The van der Waals surface area contributed by atoms with Crippen LogP contribution in [0.15, 0.2) is 12.3 Å². The van der Waals surface area contributed by atoms with Crippen molar-refractivity contribution in [2.45, 2.75) is 0 Å². The molecule has 3 nitrogen and oxygen atoms in total. The maximum atomic E-state index is 11.4. The van der Waals surface area contributed by atoms with E-state index in [9.17, 15) is 4.79 Å². The number of rotatable bonds is 3. The van der Waals surface area contributed by atoms with Crippen LogP contribution >= 0.6 is 23.2 Å². The predicted octanol–water partition coefficient (Wildman–Crippen LogP) is 1.79. The number of carbonyl (C=O) groups is 1. The zero-order chi connectivity index (χ0) is 9.84. The second-order valence-electron chi connectivity index (χ2n) is 2.44. The largest absolute Gasteiger partial charge is 0.313 e. The van der Waals surface area contributed by atoms with Gasteiger partial charge in [0.05, 0.1) is 11.6 Å². The molecule has 0 radical (unpaired) electrons. The molecule has 0 aliphatic carbocycles. The van der Waals surface area contributed by atoms with Crippen LogP contribution in [0.25, 0.3) is 0 Å². The highest BCUT2D eigenvalue weighted by molar-refractivity contribution is 6.35. The molecule has 0 bridgehead atoms. The highest BCUT2D eigenvalue weighted by Gasteiger charge is 2.10. The highest BCUT2D eigenvalue weighted by Crippen LogP contribution is 2.18. The second-order valence-corrected chi connectivity index (χ2v) is 3.23. The molecule has 5 heteroatoms. The molecule has 0 unspecified atom stereocenters. The number of ketones is 1. The van der Waals surface area contributed by atoms with Crippen LogP contribution in [0.4, 0.5) is 0 Å². The van der Waals surface area contributed by atoms with E-state index in [0.717, 1.165) is 0 Å². The molecule has 0 aliphatic heterocycles. The predicted molar refractivity (Wildman–Crippen MR) is 52.5 cm³/mol. The van der Waals surface area contributed by atoms with Gasteiger partial charge in [0.15, 0.2) is 5.78 Å². The smallest absolute Gasteiger partial charge is 0.178 e. The number of Topliss-reactive ketones (excluding diaryl/α,β-unsaturated/α-hetero) is 1. The van der Waals surface area contributed by atoms with Gasteiger partial charge < -0.3 is 5.32 Å². The van der Waals surface area contributed by atoms with Gasteiger partial charge in [-0.05, 0) is 13.1 Å². The van der Waals surface area contributed by atoms with Gasteiger partial charge in [-0.15, -0.1) is 0 Å². The summed E-state index contributed by atoms with van der Waals surface area (Å²) in [5.41, 5.74) is 0.399. The quantitative estimate of drug-likeness (QED) is 0.622. The van der Waals surface area contributed by atoms with Gasteiger partial charge >= 0.3 is 0 Å². The number of pyridine rings is 1. The van der Waals surface area contributed by atoms with Gasteiger partial charge in [-0.3, -0.25) is 4.79 Å². The lowest BCUT2D eigenvalue weighted by Crippen LogP contribution is -2.18. The number of hydrogen-bond donors (Lipinski definition) is 1. The fraction of sp³-hybridized carbons (Fsp3) is 0.250. The van der Waals surface area contributed by atoms with Gasteiger partial charge in [-0.2, -0.15) is 0 Å². The average Bonchev–Trinajstić information content (AvgIpc) is 2.09. The summed E-state index contributed by atoms with van der Waals surface area (Å²) in [6.07, 6.45) is 1.37. The standard InChI is InChI=1S/C8H8Cl2N2O/c1-11-4-7(13)5-2-8(10)12-3-6(5)9/h2-3,11H,4H2,1H3. The number of nitrogens with zero attached hydrogens (tertiary/aromatic N) is 1. The normalized spacial score (nSPS) is 10.1. The van der Waals surface area contributed by atoms with Crippen LogP contribution in [0.1, 0.15) is 10.4 Å². The molecular formula is C8H8Cl2N2O. The summed E-state index contributed by atoms with van der Waals surface area (Å²) in [6, 6.07) is 1.46. The third kappa shape index (κ3) is 2.66. The van der Waals surface area contributed by atoms with Crippen LogP contribution in [0.3, 0.4) is 0 Å². The fourth-order valence-corrected chi connectivity index (χ4v) is 1.25. The molecule has 0 amide bonds. The SMILES string of the molecule is CNCC(=O)c1cc(Cl)ncc1Cl. The summed E-state index contributed by atoms with van der Waals surface area (Å²) in [5.74, 6) is -0.100. The minimum atomic E-state index is -0.100. The minimum absolute atomic E-state index is 0.100. The van der Waals surface area contributed by atoms with E-state index in [1.807, 2.05) is 0 Å². The van der Waals surface area contributed by atoms with Crippen molar-refractivity contribution < 1.29 is 4.79 Å². The van der Waals surface area contributed by atoms with Crippen molar-refractivity contribution in [3.05, 3.63) is 28.0 Å². The lowest BCUT2D eigenvalue weighted by molar-refractivity contribution is 0.0993. The molecule has 1 rings (SSSR count). The molecule has 0 saturated heterocycles. The zero-order valence-electron chi connectivity index (χ0n) is 6.97. The molecule has 1 aromatic heterocycles. The van der Waals surface area contributed by atoms with Crippen molar-refractivity contribution >= 4 is 29.0 Å². The molecule has 1 heterocycles. The van der Waals surface area contributed by atoms with Gasteiger partial charge in [0.1, 0.15) is 5.15 Å². The van der Waals surface area contributed by atoms with Crippen LogP contribution in [0, 0.1) is 0 Å². The minimum Gasteiger partial charge on any atom is -0.313 e. The fourth-order valence-electron chi connectivity index (χ4n) is 0.883. The molecule has 1 N–H and O–H groups in total. The number of likely N-dealkylation sites (N-methyl/N-ethyl adjacent to an activating group) is 1. The highest BCUT2D eigenvalue weighted by atomic mass is 35.5. The third-order valence-corrected chi connectivity index (χ3v) is 1.97. The van der Waals surface area contributed by atoms with Gasteiger partial charge in [0.25, 0.3) is 0 Å². The van der Waals surface area contributed by atoms with E-state index in [1.165, 1.54) is 12.3 Å². The Morgan fingerprint density at radius 1 is 1.62 bits per heavy atom. The Morgan fingerprint density at radius 2 is 2.31 bits per heavy atom. The maximum Gasteiger partial charge on any atom is 0.178 e. The first kappa shape index (κ1) is 10.4. The topological polar surface area (TPSA) is 42.0 Å². The Labute approximate surface area is 86.1 Å². The average molecular weight is 219 g/mol. The number of hydrogen-bond acceptors (Lipinski definition) is 3. The summed E-state index contributed by atoms with van der Waals surface area (Å²) in [6.45, 7) is 0.236. The van der Waals surface area contributed by atoms with Crippen LogP contribution in [0.5, 0.6) is 0 Å². The Bertz CT molecular complexity index is 328. The van der Waals surface area contributed by atoms with Crippen LogP contribution in [-0.2, 0) is 0 Å². The molecule has 0 spiro atoms. The Balaban J connectivity index is 2.99. The molecule has 70 valence electrons. The monoisotopic (exact) mass is 218 g/mol. The first-order valence-electron chi connectivity index (χ1n) is 3.64. The molecule has 0 fully saturated rings. The van der Waals surface area contributed by atoms with E-state index in [2.05, 4.69) is 10.3 Å². The van der Waals surface area contributed by atoms with Gasteiger partial charge in [-0.25, -0.2) is 4.98 Å². The van der Waals surface area contributed by atoms with Gasteiger partial charge in [-0.1, -0.05) is 23.2 Å². The molecule has 0 aromatic carbocycles. The summed E-state index contributed by atoms with van der Waals surface area (Å²) in [4.78, 5) is 15.1. The summed E-state index contributed by atoms with van der Waals surface area (Å²) in [5, 5.41) is 3.33. The molecule has 0 aliphatic rings. The van der Waals surface area contributed by atoms with E-state index >= 15 is 0 Å². The first-order valence-corrected chi connectivity index (χ1v) is 4.39. The second kappa shape index (κ2) is 4.56. The molecule has 13 heavy (non-hydrogen) atoms. The Kier molecular flexibility index (Phi) is 3.66. The van der Waals surface area contributed by atoms with Crippen LogP contribution in [-0.4, -0.2) is 24.4 Å². The van der Waals surface area contributed by atoms with Crippen LogP contribution in [0.2, 0.25) is 10.2 Å². The molecule has 0 atom stereocenters. The zero-order valence-corrected chi connectivity index (χ0v) is 8.49. The van der Waals surface area contributed by atoms with Crippen molar-refractivity contribution in [1.29, 1.82) is 0 Å². The van der Waals surface area contributed by atoms with Crippen molar-refractivity contribution in [2.75, 3.05) is 13.6 Å². The number of aromatic nitrogens is 1. The van der Waals surface area contributed by atoms with E-state index < -0.39 is 0 Å². The maximum absolute atomic E-state index is 11.4. The summed E-state index contributed by atoms with van der Waals surface area (Å²) in [7, 11) is 1.69. The van der Waals surface area contributed by atoms with Crippen molar-refractivity contribution in [3.8, 4) is 0 Å². The van der Waals surface area contributed by atoms with E-state index in [-0.39, 0.29) is 17.5 Å². The van der Waals surface area contributed by atoms with Crippen molar-refractivity contribution in [2.24, 2.45) is 0 Å². The summed E-state index contributed by atoms with van der Waals surface area (Å²) >= 11 is 11.4. The van der Waals surface area contributed by atoms with Crippen molar-refractivity contribution in [3.63, 3.8) is 0 Å². The molecule has 0 saturated carbocycles. The molecular weight excluding hydrogens is 211 g/mol. The Morgan fingerprint density at radius 3 is 2.92 bits per heavy atom. The van der Waals surface area contributed by atoms with Crippen molar-refractivity contribution in [1.82, 2.24) is 10.3 Å². The molecule has 1 aromatic rings. The number of nitrogens with one attached hydrogen (secondary N) is 1. The third-order valence-electron chi connectivity index (χ3n) is 1.46.